The molecule has 0 spiro atoms. The van der Waals surface area contributed by atoms with Gasteiger partial charge < -0.3 is 14.1 Å². The van der Waals surface area contributed by atoms with Gasteiger partial charge in [-0.3, -0.25) is 14.9 Å². The van der Waals surface area contributed by atoms with Crippen LogP contribution in [0.4, 0.5) is 5.69 Å². The van der Waals surface area contributed by atoms with Crippen LogP contribution >= 0.6 is 23.2 Å². The molecule has 0 saturated carbocycles. The van der Waals surface area contributed by atoms with E-state index in [0.29, 0.717) is 27.1 Å². The third-order valence-corrected chi connectivity index (χ3v) is 4.70. The zero-order valence-corrected chi connectivity index (χ0v) is 17.0. The molecule has 0 unspecified atom stereocenters. The Hall–Kier alpha value is -3.38. The number of methoxy groups -OCH3 is 1. The van der Waals surface area contributed by atoms with Gasteiger partial charge in [-0.25, -0.2) is 0 Å². The summed E-state index contributed by atoms with van der Waals surface area (Å²) < 4.78 is 10.6. The molecule has 0 amide bonds. The first-order chi connectivity index (χ1) is 14.3. The summed E-state index contributed by atoms with van der Waals surface area (Å²) in [6, 6.07) is 9.92. The lowest BCUT2D eigenvalue weighted by Crippen LogP contribution is -2.18. The third-order valence-electron chi connectivity index (χ3n) is 4.14. The second-order valence-corrected chi connectivity index (χ2v) is 6.88. The number of halogens is 2. The van der Waals surface area contributed by atoms with Crippen molar-refractivity contribution in [3.05, 3.63) is 83.4 Å². The number of hydrogen-bond acceptors (Lipinski definition) is 6. The predicted molar refractivity (Wildman–Crippen MR) is 112 cm³/mol. The largest absolute Gasteiger partial charge is 0.457 e. The number of pyridine rings is 1. The van der Waals surface area contributed by atoms with E-state index in [0.717, 1.165) is 0 Å². The van der Waals surface area contributed by atoms with Gasteiger partial charge in [0.2, 0.25) is 0 Å². The van der Waals surface area contributed by atoms with Crippen LogP contribution in [-0.4, -0.2) is 17.0 Å². The van der Waals surface area contributed by atoms with Gasteiger partial charge in [0.15, 0.2) is 0 Å². The van der Waals surface area contributed by atoms with Crippen LogP contribution in [0.3, 0.4) is 0 Å². The lowest BCUT2D eigenvalue weighted by atomic mass is 10.1. The minimum absolute atomic E-state index is 0.0882. The van der Waals surface area contributed by atoms with E-state index >= 15 is 0 Å². The number of hydrogen-bond donors (Lipinski definition) is 1. The number of nitrogens with zero attached hydrogens (tertiary/aromatic N) is 2. The van der Waals surface area contributed by atoms with Crippen LogP contribution in [0.25, 0.3) is 23.5 Å². The minimum Gasteiger partial charge on any atom is -0.457 e. The SMILES string of the molecule is COCc1c([N+](=O)[O-])c(/C=C/c2ccc(-c3cc(Cl)ccc3Cl)o2)[nH]c(=O)c1C#N. The zero-order valence-electron chi connectivity index (χ0n) is 15.4. The van der Waals surface area contributed by atoms with Gasteiger partial charge in [-0.05, 0) is 42.5 Å². The molecule has 0 atom stereocenters. The summed E-state index contributed by atoms with van der Waals surface area (Å²) in [5.41, 5.74) is -1.14. The molecule has 1 N–H and O–H groups in total. The molecular formula is C20H13Cl2N3O5. The first kappa shape index (κ1) is 21.3. The summed E-state index contributed by atoms with van der Waals surface area (Å²) in [5, 5.41) is 21.7. The summed E-state index contributed by atoms with van der Waals surface area (Å²) in [6.07, 6.45) is 2.77. The van der Waals surface area contributed by atoms with Crippen LogP contribution in [0.5, 0.6) is 0 Å². The van der Waals surface area contributed by atoms with Crippen LogP contribution in [0, 0.1) is 21.4 Å². The Labute approximate surface area is 180 Å². The standard InChI is InChI=1S/C20H13Cl2N3O5/c1-29-10-15-14(9-23)20(26)24-17(19(15)25(27)28)6-3-12-4-7-18(30-12)13-8-11(21)2-5-16(13)22/h2-8H,10H2,1H3,(H,24,26)/b6-3+. The summed E-state index contributed by atoms with van der Waals surface area (Å²) in [7, 11) is 1.31. The number of aromatic nitrogens is 1. The van der Waals surface area contributed by atoms with E-state index in [1.807, 2.05) is 0 Å². The number of furan rings is 1. The van der Waals surface area contributed by atoms with E-state index < -0.39 is 16.2 Å². The van der Waals surface area contributed by atoms with E-state index in [1.54, 1.807) is 36.4 Å². The highest BCUT2D eigenvalue weighted by Crippen LogP contribution is 2.32. The fourth-order valence-corrected chi connectivity index (χ4v) is 3.22. The van der Waals surface area contributed by atoms with Gasteiger partial charge in [-0.2, -0.15) is 5.26 Å². The lowest BCUT2D eigenvalue weighted by molar-refractivity contribution is -0.386. The average Bonchev–Trinajstić information content (AvgIpc) is 3.17. The monoisotopic (exact) mass is 445 g/mol. The van der Waals surface area contributed by atoms with Crippen molar-refractivity contribution in [2.24, 2.45) is 0 Å². The Morgan fingerprint density at radius 3 is 2.73 bits per heavy atom. The number of nitrogens with one attached hydrogen (secondary N) is 1. The smallest absolute Gasteiger partial charge is 0.299 e. The summed E-state index contributed by atoms with van der Waals surface area (Å²) in [6.45, 7) is -0.262. The van der Waals surface area contributed by atoms with Gasteiger partial charge in [-0.15, -0.1) is 0 Å². The molecule has 3 rings (SSSR count). The van der Waals surface area contributed by atoms with Crippen LogP contribution in [0.1, 0.15) is 22.6 Å². The Bertz CT molecular complexity index is 1250. The second kappa shape index (κ2) is 8.97. The quantitative estimate of drug-likeness (QED) is 0.418. The van der Waals surface area contributed by atoms with Gasteiger partial charge >= 0.3 is 0 Å². The Morgan fingerprint density at radius 1 is 1.30 bits per heavy atom. The normalized spacial score (nSPS) is 11.0. The van der Waals surface area contributed by atoms with Crippen molar-refractivity contribution in [2.75, 3.05) is 7.11 Å². The highest BCUT2D eigenvalue weighted by atomic mass is 35.5. The summed E-state index contributed by atoms with van der Waals surface area (Å²) in [4.78, 5) is 25.5. The molecular weight excluding hydrogens is 433 g/mol. The van der Waals surface area contributed by atoms with Crippen molar-refractivity contribution < 1.29 is 14.1 Å². The Balaban J connectivity index is 2.04. The number of nitriles is 1. The molecule has 8 nitrogen and oxygen atoms in total. The van der Waals surface area contributed by atoms with E-state index in [9.17, 15) is 20.2 Å². The number of H-pyrrole nitrogens is 1. The molecule has 0 bridgehead atoms. The molecule has 152 valence electrons. The highest BCUT2D eigenvalue weighted by Gasteiger charge is 2.25. The van der Waals surface area contributed by atoms with Gasteiger partial charge in [0.25, 0.3) is 11.2 Å². The predicted octanol–water partition coefficient (Wildman–Crippen LogP) is 5.04. The topological polar surface area (TPSA) is 122 Å². The fourth-order valence-electron chi connectivity index (χ4n) is 2.83. The molecule has 0 saturated heterocycles. The number of ether oxygens (including phenoxy) is 1. The summed E-state index contributed by atoms with van der Waals surface area (Å²) >= 11 is 12.2. The minimum atomic E-state index is -0.749. The van der Waals surface area contributed by atoms with Crippen LogP contribution in [0.2, 0.25) is 10.0 Å². The molecule has 0 radical (unpaired) electrons. The van der Waals surface area contributed by atoms with Crippen molar-refractivity contribution in [1.82, 2.24) is 4.98 Å². The lowest BCUT2D eigenvalue weighted by Gasteiger charge is -2.06. The van der Waals surface area contributed by atoms with Crippen LogP contribution in [-0.2, 0) is 11.3 Å². The molecule has 0 aliphatic rings. The van der Waals surface area contributed by atoms with Crippen LogP contribution in [0.15, 0.2) is 39.5 Å². The van der Waals surface area contributed by atoms with Crippen molar-refractivity contribution in [2.45, 2.75) is 6.61 Å². The van der Waals surface area contributed by atoms with Crippen LogP contribution < -0.4 is 5.56 Å². The maximum atomic E-state index is 12.2. The molecule has 1 aromatic carbocycles. The molecule has 0 fully saturated rings. The number of benzene rings is 1. The van der Waals surface area contributed by atoms with E-state index in [2.05, 4.69) is 4.98 Å². The van der Waals surface area contributed by atoms with E-state index in [4.69, 9.17) is 32.4 Å². The number of rotatable bonds is 6. The molecule has 2 aromatic heterocycles. The average molecular weight is 446 g/mol. The van der Waals surface area contributed by atoms with Crippen molar-refractivity contribution in [1.29, 1.82) is 5.26 Å². The molecule has 2 heterocycles. The van der Waals surface area contributed by atoms with Gasteiger partial charge in [0, 0.05) is 17.7 Å². The van der Waals surface area contributed by atoms with Gasteiger partial charge in [0.05, 0.1) is 22.1 Å². The number of nitro groups is 1. The maximum absolute atomic E-state index is 12.2. The maximum Gasteiger partial charge on any atom is 0.299 e. The first-order valence-electron chi connectivity index (χ1n) is 8.41. The molecule has 30 heavy (non-hydrogen) atoms. The van der Waals surface area contributed by atoms with E-state index in [-0.39, 0.29) is 23.4 Å². The van der Waals surface area contributed by atoms with Gasteiger partial charge in [0.1, 0.15) is 28.8 Å². The third kappa shape index (κ3) is 4.28. The molecule has 0 aliphatic carbocycles. The molecule has 3 aromatic rings. The summed E-state index contributed by atoms with van der Waals surface area (Å²) in [5.74, 6) is 0.805. The first-order valence-corrected chi connectivity index (χ1v) is 9.17. The van der Waals surface area contributed by atoms with Crippen molar-refractivity contribution >= 4 is 41.0 Å². The second-order valence-electron chi connectivity index (χ2n) is 6.03. The molecule has 0 aliphatic heterocycles. The fraction of sp³-hybridized carbons (Fsp3) is 0.100. The van der Waals surface area contributed by atoms with Crippen molar-refractivity contribution in [3.63, 3.8) is 0 Å². The molecule has 10 heteroatoms. The Morgan fingerprint density at radius 2 is 2.07 bits per heavy atom. The number of aromatic amines is 1. The van der Waals surface area contributed by atoms with Crippen molar-refractivity contribution in [3.8, 4) is 17.4 Å². The Kier molecular flexibility index (Phi) is 6.37. The highest BCUT2D eigenvalue weighted by molar-refractivity contribution is 6.35. The van der Waals surface area contributed by atoms with E-state index in [1.165, 1.54) is 19.3 Å². The zero-order chi connectivity index (χ0) is 21.8. The van der Waals surface area contributed by atoms with Gasteiger partial charge in [-0.1, -0.05) is 23.2 Å².